The number of hydrogen-bond acceptors (Lipinski definition) is 4. The minimum Gasteiger partial charge on any atom is -0.389 e. The lowest BCUT2D eigenvalue weighted by molar-refractivity contribution is 0.0387. The third-order valence-electron chi connectivity index (χ3n) is 2.69. The molecule has 0 aromatic rings. The maximum Gasteiger partial charge on any atom is 0.0753 e. The molecule has 92 valence electrons. The van der Waals surface area contributed by atoms with Crippen LogP contribution in [0.15, 0.2) is 0 Å². The highest BCUT2D eigenvalue weighted by molar-refractivity contribution is 4.76. The number of nitrogens with two attached hydrogens (primary N) is 1. The fraction of sp³-hybridized carbons (Fsp3) is 1.00. The number of ether oxygens (including phenoxy) is 1. The van der Waals surface area contributed by atoms with Crippen LogP contribution in [0.1, 0.15) is 27.2 Å². The summed E-state index contributed by atoms with van der Waals surface area (Å²) in [4.78, 5) is 2.29. The molecule has 15 heavy (non-hydrogen) atoms. The van der Waals surface area contributed by atoms with Gasteiger partial charge in [-0.2, -0.15) is 0 Å². The molecule has 0 aromatic carbocycles. The maximum atomic E-state index is 9.80. The minimum atomic E-state index is -0.750. The number of rotatable bonds is 8. The van der Waals surface area contributed by atoms with Gasteiger partial charge in [0.05, 0.1) is 12.2 Å². The number of nitrogens with zero attached hydrogens (tertiary/aromatic N) is 1. The van der Waals surface area contributed by atoms with Crippen molar-refractivity contribution in [3.05, 3.63) is 0 Å². The summed E-state index contributed by atoms with van der Waals surface area (Å²) in [7, 11) is 1.70. The highest BCUT2D eigenvalue weighted by atomic mass is 16.5. The molecule has 0 aliphatic heterocycles. The summed E-state index contributed by atoms with van der Waals surface area (Å²) >= 11 is 0. The van der Waals surface area contributed by atoms with E-state index < -0.39 is 5.60 Å². The molecule has 1 atom stereocenters. The van der Waals surface area contributed by atoms with Gasteiger partial charge in [-0.15, -0.1) is 0 Å². The summed E-state index contributed by atoms with van der Waals surface area (Å²) in [6, 6.07) is 0.466. The fourth-order valence-corrected chi connectivity index (χ4v) is 1.32. The van der Waals surface area contributed by atoms with Crippen molar-refractivity contribution in [3.8, 4) is 0 Å². The molecule has 0 aromatic heterocycles. The van der Waals surface area contributed by atoms with Gasteiger partial charge in [-0.05, 0) is 27.2 Å². The molecule has 4 heteroatoms. The van der Waals surface area contributed by atoms with Crippen molar-refractivity contribution in [2.75, 3.05) is 33.4 Å². The third-order valence-corrected chi connectivity index (χ3v) is 2.69. The van der Waals surface area contributed by atoms with Gasteiger partial charge in [-0.25, -0.2) is 0 Å². The standard InChI is InChI=1S/C11H26N2O2/c1-10(2)13(7-8-15-4)6-5-11(3,14)9-12/h10,14H,5-9,12H2,1-4H3. The van der Waals surface area contributed by atoms with E-state index in [1.165, 1.54) is 0 Å². The largest absolute Gasteiger partial charge is 0.389 e. The van der Waals surface area contributed by atoms with Gasteiger partial charge in [0.1, 0.15) is 0 Å². The minimum absolute atomic E-state index is 0.309. The van der Waals surface area contributed by atoms with E-state index in [0.717, 1.165) is 19.7 Å². The topological polar surface area (TPSA) is 58.7 Å². The molecule has 0 aliphatic rings. The molecule has 0 saturated heterocycles. The summed E-state index contributed by atoms with van der Waals surface area (Å²) in [6.07, 6.45) is 0.700. The van der Waals surface area contributed by atoms with Crippen molar-refractivity contribution in [1.29, 1.82) is 0 Å². The lowest BCUT2D eigenvalue weighted by Gasteiger charge is -2.30. The molecular weight excluding hydrogens is 192 g/mol. The second kappa shape index (κ2) is 7.17. The van der Waals surface area contributed by atoms with Crippen LogP contribution in [0.2, 0.25) is 0 Å². The van der Waals surface area contributed by atoms with Crippen LogP contribution in [0.25, 0.3) is 0 Å². The molecule has 0 saturated carbocycles. The van der Waals surface area contributed by atoms with Crippen molar-refractivity contribution < 1.29 is 9.84 Å². The van der Waals surface area contributed by atoms with Gasteiger partial charge in [0.2, 0.25) is 0 Å². The van der Waals surface area contributed by atoms with Gasteiger partial charge >= 0.3 is 0 Å². The zero-order chi connectivity index (χ0) is 11.9. The van der Waals surface area contributed by atoms with Gasteiger partial charge in [-0.3, -0.25) is 4.90 Å². The first kappa shape index (κ1) is 14.8. The van der Waals surface area contributed by atoms with E-state index in [4.69, 9.17) is 10.5 Å². The molecule has 0 heterocycles. The Hall–Kier alpha value is -0.160. The molecule has 3 N–H and O–H groups in total. The zero-order valence-corrected chi connectivity index (χ0v) is 10.5. The summed E-state index contributed by atoms with van der Waals surface area (Å²) < 4.78 is 5.05. The molecule has 0 rings (SSSR count). The monoisotopic (exact) mass is 218 g/mol. The summed E-state index contributed by atoms with van der Waals surface area (Å²) in [5, 5.41) is 9.80. The molecule has 0 radical (unpaired) electrons. The van der Waals surface area contributed by atoms with Crippen LogP contribution in [-0.2, 0) is 4.74 Å². The number of hydrogen-bond donors (Lipinski definition) is 2. The van der Waals surface area contributed by atoms with Crippen molar-refractivity contribution in [2.24, 2.45) is 5.73 Å². The lowest BCUT2D eigenvalue weighted by atomic mass is 10.0. The first-order valence-electron chi connectivity index (χ1n) is 5.58. The van der Waals surface area contributed by atoms with E-state index >= 15 is 0 Å². The van der Waals surface area contributed by atoms with Gasteiger partial charge in [0.15, 0.2) is 0 Å². The molecule has 0 fully saturated rings. The molecule has 0 bridgehead atoms. The van der Waals surface area contributed by atoms with E-state index in [2.05, 4.69) is 18.7 Å². The van der Waals surface area contributed by atoms with Gasteiger partial charge < -0.3 is 15.6 Å². The van der Waals surface area contributed by atoms with E-state index in [1.807, 2.05) is 0 Å². The Labute approximate surface area is 93.4 Å². The van der Waals surface area contributed by atoms with Crippen LogP contribution in [-0.4, -0.2) is 55.0 Å². The number of aliphatic hydroxyl groups is 1. The van der Waals surface area contributed by atoms with E-state index in [1.54, 1.807) is 14.0 Å². The van der Waals surface area contributed by atoms with Crippen LogP contribution in [0, 0.1) is 0 Å². The Bertz CT molecular complexity index is 161. The van der Waals surface area contributed by atoms with Gasteiger partial charge in [0.25, 0.3) is 0 Å². The second-order valence-corrected chi connectivity index (χ2v) is 4.57. The van der Waals surface area contributed by atoms with Gasteiger partial charge in [0, 0.05) is 32.8 Å². The van der Waals surface area contributed by atoms with Crippen LogP contribution in [0.3, 0.4) is 0 Å². The Morgan fingerprint density at radius 3 is 2.40 bits per heavy atom. The Kier molecular flexibility index (Phi) is 7.09. The first-order chi connectivity index (χ1) is 6.93. The SMILES string of the molecule is COCCN(CCC(C)(O)CN)C(C)C. The normalized spacial score (nSPS) is 16.0. The average molecular weight is 218 g/mol. The van der Waals surface area contributed by atoms with Crippen LogP contribution < -0.4 is 5.73 Å². The van der Waals surface area contributed by atoms with Crippen molar-refractivity contribution in [1.82, 2.24) is 4.90 Å². The second-order valence-electron chi connectivity index (χ2n) is 4.57. The number of methoxy groups -OCH3 is 1. The Morgan fingerprint density at radius 1 is 1.40 bits per heavy atom. The molecule has 4 nitrogen and oxygen atoms in total. The van der Waals surface area contributed by atoms with E-state index in [9.17, 15) is 5.11 Å². The van der Waals surface area contributed by atoms with Gasteiger partial charge in [-0.1, -0.05) is 0 Å². The highest BCUT2D eigenvalue weighted by Gasteiger charge is 2.20. The molecule has 0 spiro atoms. The van der Waals surface area contributed by atoms with E-state index in [-0.39, 0.29) is 0 Å². The molecular formula is C11H26N2O2. The predicted molar refractivity (Wildman–Crippen MR) is 62.9 cm³/mol. The smallest absolute Gasteiger partial charge is 0.0753 e. The average Bonchev–Trinajstić information content (AvgIpc) is 2.17. The van der Waals surface area contributed by atoms with Crippen LogP contribution >= 0.6 is 0 Å². The van der Waals surface area contributed by atoms with Crippen molar-refractivity contribution in [3.63, 3.8) is 0 Å². The molecule has 0 amide bonds. The van der Waals surface area contributed by atoms with Crippen LogP contribution in [0.5, 0.6) is 0 Å². The van der Waals surface area contributed by atoms with Crippen molar-refractivity contribution in [2.45, 2.75) is 38.8 Å². The molecule has 1 unspecified atom stereocenters. The summed E-state index contributed by atoms with van der Waals surface area (Å²) in [5.41, 5.74) is 4.73. The highest BCUT2D eigenvalue weighted by Crippen LogP contribution is 2.09. The van der Waals surface area contributed by atoms with E-state index in [0.29, 0.717) is 19.0 Å². The summed E-state index contributed by atoms with van der Waals surface area (Å²) in [6.45, 7) is 8.85. The Balaban J connectivity index is 3.95. The van der Waals surface area contributed by atoms with Crippen molar-refractivity contribution >= 4 is 0 Å². The Morgan fingerprint density at radius 2 is 2.00 bits per heavy atom. The lowest BCUT2D eigenvalue weighted by Crippen LogP contribution is -2.41. The third kappa shape index (κ3) is 6.84. The summed E-state index contributed by atoms with van der Waals surface area (Å²) in [5.74, 6) is 0. The predicted octanol–water partition coefficient (Wildman–Crippen LogP) is 0.443. The maximum absolute atomic E-state index is 9.80. The van der Waals surface area contributed by atoms with Crippen LogP contribution in [0.4, 0.5) is 0 Å². The fourth-order valence-electron chi connectivity index (χ4n) is 1.32. The first-order valence-corrected chi connectivity index (χ1v) is 5.58. The molecule has 0 aliphatic carbocycles. The zero-order valence-electron chi connectivity index (χ0n) is 10.5. The quantitative estimate of drug-likeness (QED) is 0.621.